The Morgan fingerprint density at radius 1 is 1.15 bits per heavy atom. The first kappa shape index (κ1) is 15.1. The minimum Gasteiger partial charge on any atom is -0.473 e. The minimum atomic E-state index is -4.67. The Morgan fingerprint density at radius 3 is 2.40 bits per heavy atom. The van der Waals surface area contributed by atoms with Crippen molar-refractivity contribution in [2.75, 3.05) is 0 Å². The molecule has 0 saturated heterocycles. The van der Waals surface area contributed by atoms with Crippen molar-refractivity contribution in [3.8, 4) is 5.88 Å². The summed E-state index contributed by atoms with van der Waals surface area (Å²) in [7, 11) is 0. The van der Waals surface area contributed by atoms with Crippen LogP contribution in [-0.2, 0) is 12.8 Å². The monoisotopic (exact) mass is 366 g/mol. The van der Waals surface area contributed by atoms with Crippen molar-refractivity contribution >= 4 is 27.5 Å². The summed E-state index contributed by atoms with van der Waals surface area (Å²) in [5, 5.41) is -0.321. The van der Waals surface area contributed by atoms with Gasteiger partial charge in [0, 0.05) is 10.5 Å². The van der Waals surface area contributed by atoms with E-state index in [1.807, 2.05) is 0 Å². The van der Waals surface area contributed by atoms with Crippen LogP contribution in [0.1, 0.15) is 11.4 Å². The summed E-state index contributed by atoms with van der Waals surface area (Å²) < 4.78 is 43.6. The molecule has 0 aliphatic rings. The van der Waals surface area contributed by atoms with Gasteiger partial charge >= 0.3 is 6.18 Å². The first-order valence-electron chi connectivity index (χ1n) is 5.33. The Bertz CT molecular complexity index is 605. The van der Waals surface area contributed by atoms with Gasteiger partial charge in [0.15, 0.2) is 0 Å². The van der Waals surface area contributed by atoms with E-state index < -0.39 is 12.0 Å². The number of halogens is 5. The largest absolute Gasteiger partial charge is 0.473 e. The van der Waals surface area contributed by atoms with Gasteiger partial charge in [-0.25, -0.2) is 4.98 Å². The van der Waals surface area contributed by atoms with Crippen LogP contribution in [0.5, 0.6) is 5.88 Å². The molecule has 0 bridgehead atoms. The Kier molecular flexibility index (Phi) is 4.49. The molecule has 2 rings (SSSR count). The lowest BCUT2D eigenvalue weighted by Crippen LogP contribution is -2.12. The van der Waals surface area contributed by atoms with E-state index in [1.165, 1.54) is 0 Å². The van der Waals surface area contributed by atoms with Crippen molar-refractivity contribution in [3.63, 3.8) is 0 Å². The standard InChI is InChI=1S/C12H7BrClF3N2O/c13-8-3-1-7(2-4-8)6-20-10-5-9(14)18-11(19-10)12(15,16)17/h1-5H,6H2. The van der Waals surface area contributed by atoms with Crippen LogP contribution in [0.15, 0.2) is 34.8 Å². The first-order chi connectivity index (χ1) is 9.34. The number of alkyl halides is 3. The lowest BCUT2D eigenvalue weighted by Gasteiger charge is -2.09. The summed E-state index contributed by atoms with van der Waals surface area (Å²) in [6.45, 7) is 0.0813. The highest BCUT2D eigenvalue weighted by Crippen LogP contribution is 2.29. The van der Waals surface area contributed by atoms with E-state index in [0.717, 1.165) is 16.1 Å². The SMILES string of the molecule is FC(F)(F)c1nc(Cl)cc(OCc2ccc(Br)cc2)n1. The lowest BCUT2D eigenvalue weighted by atomic mass is 10.2. The van der Waals surface area contributed by atoms with Crippen molar-refractivity contribution in [3.05, 3.63) is 51.3 Å². The Hall–Kier alpha value is -1.34. The molecule has 0 N–H and O–H groups in total. The smallest absolute Gasteiger partial charge is 0.451 e. The maximum absolute atomic E-state index is 12.5. The predicted octanol–water partition coefficient (Wildman–Crippen LogP) is 4.49. The van der Waals surface area contributed by atoms with Crippen LogP contribution in [0.3, 0.4) is 0 Å². The molecule has 8 heteroatoms. The molecule has 1 aromatic carbocycles. The lowest BCUT2D eigenvalue weighted by molar-refractivity contribution is -0.145. The molecule has 0 aliphatic carbocycles. The Morgan fingerprint density at radius 2 is 1.80 bits per heavy atom. The molecule has 106 valence electrons. The Balaban J connectivity index is 2.13. The average Bonchev–Trinajstić information content (AvgIpc) is 2.36. The topological polar surface area (TPSA) is 35.0 Å². The minimum absolute atomic E-state index is 0.0813. The van der Waals surface area contributed by atoms with Gasteiger partial charge in [-0.2, -0.15) is 18.2 Å². The van der Waals surface area contributed by atoms with Crippen LogP contribution in [0.25, 0.3) is 0 Å². The van der Waals surface area contributed by atoms with E-state index in [0.29, 0.717) is 0 Å². The molecule has 2 aromatic rings. The van der Waals surface area contributed by atoms with Gasteiger partial charge in [-0.3, -0.25) is 0 Å². The number of nitrogens with zero attached hydrogens (tertiary/aromatic N) is 2. The van der Waals surface area contributed by atoms with Crippen molar-refractivity contribution in [1.82, 2.24) is 9.97 Å². The van der Waals surface area contributed by atoms with Crippen molar-refractivity contribution < 1.29 is 17.9 Å². The van der Waals surface area contributed by atoms with Crippen LogP contribution in [0, 0.1) is 0 Å². The van der Waals surface area contributed by atoms with Gasteiger partial charge in [-0.15, -0.1) is 0 Å². The predicted molar refractivity (Wildman–Crippen MR) is 70.5 cm³/mol. The molecule has 0 aliphatic heterocycles. The van der Waals surface area contributed by atoms with Crippen molar-refractivity contribution in [2.24, 2.45) is 0 Å². The fourth-order valence-electron chi connectivity index (χ4n) is 1.34. The summed E-state index contributed by atoms with van der Waals surface area (Å²) >= 11 is 8.80. The summed E-state index contributed by atoms with van der Waals surface area (Å²) in [6.07, 6.45) is -4.67. The van der Waals surface area contributed by atoms with Crippen molar-refractivity contribution in [1.29, 1.82) is 0 Å². The molecule has 0 fully saturated rings. The van der Waals surface area contributed by atoms with E-state index >= 15 is 0 Å². The van der Waals surface area contributed by atoms with Gasteiger partial charge in [-0.05, 0) is 17.7 Å². The van der Waals surface area contributed by atoms with Gasteiger partial charge in [0.25, 0.3) is 0 Å². The van der Waals surface area contributed by atoms with Gasteiger partial charge in [0.05, 0.1) is 0 Å². The molecular weight excluding hydrogens is 360 g/mol. The number of ether oxygens (including phenoxy) is 1. The zero-order chi connectivity index (χ0) is 14.8. The second-order valence-corrected chi connectivity index (χ2v) is 5.07. The van der Waals surface area contributed by atoms with Crippen molar-refractivity contribution in [2.45, 2.75) is 12.8 Å². The molecule has 1 aromatic heterocycles. The number of hydrogen-bond donors (Lipinski definition) is 0. The molecule has 20 heavy (non-hydrogen) atoms. The number of benzene rings is 1. The molecule has 1 heterocycles. The zero-order valence-electron chi connectivity index (χ0n) is 9.79. The maximum Gasteiger partial charge on any atom is 0.451 e. The molecule has 0 amide bonds. The molecule has 0 atom stereocenters. The van der Waals surface area contributed by atoms with Crippen LogP contribution in [-0.4, -0.2) is 9.97 Å². The first-order valence-corrected chi connectivity index (χ1v) is 6.51. The highest BCUT2D eigenvalue weighted by atomic mass is 79.9. The number of hydrogen-bond acceptors (Lipinski definition) is 3. The van der Waals surface area contributed by atoms with Crippen LogP contribution >= 0.6 is 27.5 Å². The average molecular weight is 368 g/mol. The van der Waals surface area contributed by atoms with E-state index in [1.54, 1.807) is 24.3 Å². The van der Waals surface area contributed by atoms with Crippen LogP contribution < -0.4 is 4.74 Å². The second-order valence-electron chi connectivity index (χ2n) is 3.77. The second kappa shape index (κ2) is 5.97. The molecule has 0 radical (unpaired) electrons. The van der Waals surface area contributed by atoms with Gasteiger partial charge in [0.1, 0.15) is 11.8 Å². The Labute approximate surface area is 125 Å². The molecule has 0 unspecified atom stereocenters. The van der Waals surface area contributed by atoms with E-state index in [-0.39, 0.29) is 17.6 Å². The highest BCUT2D eigenvalue weighted by molar-refractivity contribution is 9.10. The molecule has 0 spiro atoms. The number of rotatable bonds is 3. The van der Waals surface area contributed by atoms with E-state index in [9.17, 15) is 13.2 Å². The van der Waals surface area contributed by atoms with E-state index in [2.05, 4.69) is 25.9 Å². The zero-order valence-corrected chi connectivity index (χ0v) is 12.1. The third-order valence-electron chi connectivity index (χ3n) is 2.22. The molecule has 3 nitrogen and oxygen atoms in total. The highest BCUT2D eigenvalue weighted by Gasteiger charge is 2.35. The van der Waals surface area contributed by atoms with Gasteiger partial charge in [-0.1, -0.05) is 39.7 Å². The fourth-order valence-corrected chi connectivity index (χ4v) is 1.77. The maximum atomic E-state index is 12.5. The van der Waals surface area contributed by atoms with Crippen LogP contribution in [0.2, 0.25) is 5.15 Å². The summed E-state index contributed by atoms with van der Waals surface area (Å²) in [6, 6.07) is 8.28. The summed E-state index contributed by atoms with van der Waals surface area (Å²) in [4.78, 5) is 6.40. The normalized spacial score (nSPS) is 11.4. The quantitative estimate of drug-likeness (QED) is 0.750. The van der Waals surface area contributed by atoms with Gasteiger partial charge in [0.2, 0.25) is 11.7 Å². The fraction of sp³-hybridized carbons (Fsp3) is 0.167. The third kappa shape index (κ3) is 4.08. The third-order valence-corrected chi connectivity index (χ3v) is 2.95. The molecule has 0 saturated carbocycles. The van der Waals surface area contributed by atoms with Crippen LogP contribution in [0.4, 0.5) is 13.2 Å². The summed E-state index contributed by atoms with van der Waals surface area (Å²) in [5.74, 6) is -1.55. The number of aromatic nitrogens is 2. The van der Waals surface area contributed by atoms with Gasteiger partial charge < -0.3 is 4.74 Å². The molecular formula is C12H7BrClF3N2O. The van der Waals surface area contributed by atoms with E-state index in [4.69, 9.17) is 16.3 Å². The summed E-state index contributed by atoms with van der Waals surface area (Å²) in [5.41, 5.74) is 0.788.